The van der Waals surface area contributed by atoms with E-state index in [9.17, 15) is 4.79 Å². The van der Waals surface area contributed by atoms with E-state index in [-0.39, 0.29) is 5.91 Å². The Labute approximate surface area is 142 Å². The van der Waals surface area contributed by atoms with Crippen molar-refractivity contribution in [2.75, 3.05) is 5.32 Å². The predicted molar refractivity (Wildman–Crippen MR) is 93.8 cm³/mol. The van der Waals surface area contributed by atoms with Gasteiger partial charge in [-0.2, -0.15) is 0 Å². The number of carbonyl (C=O) groups is 1. The zero-order valence-electron chi connectivity index (χ0n) is 12.4. The number of thiazole rings is 1. The maximum atomic E-state index is 11.8. The second kappa shape index (κ2) is 7.30. The molecule has 4 nitrogen and oxygen atoms in total. The van der Waals surface area contributed by atoms with Gasteiger partial charge in [0.1, 0.15) is 5.76 Å². The number of benzene rings is 1. The Bertz CT molecular complexity index is 806. The summed E-state index contributed by atoms with van der Waals surface area (Å²) in [6, 6.07) is 11.2. The van der Waals surface area contributed by atoms with Crippen molar-refractivity contribution in [2.24, 2.45) is 0 Å². The molecule has 0 fully saturated rings. The van der Waals surface area contributed by atoms with E-state index < -0.39 is 0 Å². The van der Waals surface area contributed by atoms with Crippen LogP contribution in [0.5, 0.6) is 0 Å². The summed E-state index contributed by atoms with van der Waals surface area (Å²) in [5, 5.41) is 4.84. The Morgan fingerprint density at radius 2 is 2.13 bits per heavy atom. The number of amides is 1. The fourth-order valence-electron chi connectivity index (χ4n) is 1.81. The molecule has 0 aliphatic carbocycles. The van der Waals surface area contributed by atoms with E-state index in [1.54, 1.807) is 47.6 Å². The van der Waals surface area contributed by atoms with E-state index >= 15 is 0 Å². The van der Waals surface area contributed by atoms with Gasteiger partial charge in [0.05, 0.1) is 6.26 Å². The number of nitrogens with zero attached hydrogens (tertiary/aromatic N) is 1. The topological polar surface area (TPSA) is 55.1 Å². The molecule has 3 rings (SSSR count). The number of anilines is 1. The largest absolute Gasteiger partial charge is 0.465 e. The molecule has 23 heavy (non-hydrogen) atoms. The molecule has 0 unspecified atom stereocenters. The summed E-state index contributed by atoms with van der Waals surface area (Å²) in [5.74, 6) is 0.447. The van der Waals surface area contributed by atoms with Crippen LogP contribution < -0.4 is 5.32 Å². The van der Waals surface area contributed by atoms with Crippen LogP contribution in [0.25, 0.3) is 6.08 Å². The van der Waals surface area contributed by atoms with Crippen molar-refractivity contribution in [3.8, 4) is 0 Å². The van der Waals surface area contributed by atoms with Crippen LogP contribution in [0, 0.1) is 6.92 Å². The SMILES string of the molecule is Cc1csc(Sc2ccc(NC(=O)/C=C/c3ccco3)cc2)n1. The quantitative estimate of drug-likeness (QED) is 0.674. The van der Waals surface area contributed by atoms with Gasteiger partial charge in [-0.1, -0.05) is 11.8 Å². The number of hydrogen-bond acceptors (Lipinski definition) is 5. The summed E-state index contributed by atoms with van der Waals surface area (Å²) in [5.41, 5.74) is 1.78. The second-order valence-corrected chi connectivity index (χ2v) is 6.90. The summed E-state index contributed by atoms with van der Waals surface area (Å²) in [7, 11) is 0. The highest BCUT2D eigenvalue weighted by molar-refractivity contribution is 8.01. The summed E-state index contributed by atoms with van der Waals surface area (Å²) in [6.45, 7) is 1.98. The average Bonchev–Trinajstić information content (AvgIpc) is 3.19. The van der Waals surface area contributed by atoms with Gasteiger partial charge in [-0.3, -0.25) is 4.79 Å². The highest BCUT2D eigenvalue weighted by Crippen LogP contribution is 2.30. The fraction of sp³-hybridized carbons (Fsp3) is 0.0588. The molecule has 3 aromatic rings. The first kappa shape index (κ1) is 15.6. The Balaban J connectivity index is 1.57. The van der Waals surface area contributed by atoms with E-state index in [1.165, 1.54) is 6.08 Å². The van der Waals surface area contributed by atoms with Crippen LogP contribution in [0.2, 0.25) is 0 Å². The number of nitrogens with one attached hydrogen (secondary N) is 1. The standard InChI is InChI=1S/C17H14N2O2S2/c1-12-11-22-17(18-12)23-15-7-4-13(5-8-15)19-16(20)9-6-14-3-2-10-21-14/h2-11H,1H3,(H,19,20)/b9-6+. The van der Waals surface area contributed by atoms with Crippen molar-refractivity contribution in [2.45, 2.75) is 16.2 Å². The second-order valence-electron chi connectivity index (χ2n) is 4.72. The molecule has 1 aromatic carbocycles. The first-order chi connectivity index (χ1) is 11.2. The first-order valence-corrected chi connectivity index (χ1v) is 8.61. The van der Waals surface area contributed by atoms with Gasteiger partial charge in [0, 0.05) is 27.7 Å². The van der Waals surface area contributed by atoms with Crippen LogP contribution in [0.3, 0.4) is 0 Å². The van der Waals surface area contributed by atoms with Crippen LogP contribution in [0.15, 0.2) is 67.8 Å². The van der Waals surface area contributed by atoms with Gasteiger partial charge in [0.2, 0.25) is 5.91 Å². The van der Waals surface area contributed by atoms with E-state index in [0.29, 0.717) is 5.76 Å². The van der Waals surface area contributed by atoms with Crippen LogP contribution in [0.1, 0.15) is 11.5 Å². The van der Waals surface area contributed by atoms with Crippen LogP contribution in [-0.4, -0.2) is 10.9 Å². The monoisotopic (exact) mass is 342 g/mol. The Kier molecular flexibility index (Phi) is 4.95. The Hall–Kier alpha value is -2.31. The molecule has 0 saturated carbocycles. The Morgan fingerprint density at radius 3 is 2.78 bits per heavy atom. The molecule has 0 spiro atoms. The molecule has 2 aromatic heterocycles. The number of aromatic nitrogens is 1. The van der Waals surface area contributed by atoms with Crippen molar-refractivity contribution in [3.05, 3.63) is 65.6 Å². The lowest BCUT2D eigenvalue weighted by Crippen LogP contribution is -2.07. The molecule has 0 atom stereocenters. The van der Waals surface area contributed by atoms with E-state index in [4.69, 9.17) is 4.42 Å². The Morgan fingerprint density at radius 1 is 1.30 bits per heavy atom. The van der Waals surface area contributed by atoms with Crippen LogP contribution in [0.4, 0.5) is 5.69 Å². The van der Waals surface area contributed by atoms with Gasteiger partial charge in [-0.05, 0) is 49.4 Å². The van der Waals surface area contributed by atoms with Crippen molar-refractivity contribution in [1.82, 2.24) is 4.98 Å². The normalized spacial score (nSPS) is 11.0. The number of carbonyl (C=O) groups excluding carboxylic acids is 1. The van der Waals surface area contributed by atoms with Crippen molar-refractivity contribution in [3.63, 3.8) is 0 Å². The molecule has 116 valence electrons. The summed E-state index contributed by atoms with van der Waals surface area (Å²) >= 11 is 3.24. The molecular formula is C17H14N2O2S2. The van der Waals surface area contributed by atoms with Crippen molar-refractivity contribution < 1.29 is 9.21 Å². The van der Waals surface area contributed by atoms with Gasteiger partial charge in [-0.25, -0.2) is 4.98 Å². The minimum Gasteiger partial charge on any atom is -0.465 e. The molecule has 0 bridgehead atoms. The molecular weight excluding hydrogens is 328 g/mol. The smallest absolute Gasteiger partial charge is 0.248 e. The summed E-state index contributed by atoms with van der Waals surface area (Å²) in [4.78, 5) is 17.3. The molecule has 2 heterocycles. The maximum Gasteiger partial charge on any atom is 0.248 e. The van der Waals surface area contributed by atoms with Crippen LogP contribution in [-0.2, 0) is 4.79 Å². The molecule has 1 N–H and O–H groups in total. The van der Waals surface area contributed by atoms with Gasteiger partial charge in [0.25, 0.3) is 0 Å². The predicted octanol–water partition coefficient (Wildman–Crippen LogP) is 4.85. The molecule has 0 aliphatic heterocycles. The molecule has 0 radical (unpaired) electrons. The van der Waals surface area contributed by atoms with Crippen molar-refractivity contribution >= 4 is 40.8 Å². The minimum absolute atomic E-state index is 0.197. The highest BCUT2D eigenvalue weighted by atomic mass is 32.2. The molecule has 1 amide bonds. The lowest BCUT2D eigenvalue weighted by molar-refractivity contribution is -0.111. The zero-order valence-corrected chi connectivity index (χ0v) is 14.0. The van der Waals surface area contributed by atoms with Gasteiger partial charge in [0.15, 0.2) is 4.34 Å². The third-order valence-electron chi connectivity index (χ3n) is 2.87. The van der Waals surface area contributed by atoms with Gasteiger partial charge in [-0.15, -0.1) is 11.3 Å². The van der Waals surface area contributed by atoms with E-state index in [0.717, 1.165) is 20.6 Å². The third kappa shape index (κ3) is 4.58. The number of aryl methyl sites for hydroxylation is 1. The number of hydrogen-bond donors (Lipinski definition) is 1. The zero-order chi connectivity index (χ0) is 16.1. The van der Waals surface area contributed by atoms with Gasteiger partial charge < -0.3 is 9.73 Å². The number of furan rings is 1. The van der Waals surface area contributed by atoms with E-state index in [2.05, 4.69) is 10.3 Å². The molecule has 0 saturated heterocycles. The van der Waals surface area contributed by atoms with Crippen LogP contribution >= 0.6 is 23.1 Å². The highest BCUT2D eigenvalue weighted by Gasteiger charge is 2.03. The van der Waals surface area contributed by atoms with Crippen molar-refractivity contribution in [1.29, 1.82) is 0 Å². The molecule has 0 aliphatic rings. The average molecular weight is 342 g/mol. The fourth-order valence-corrected chi connectivity index (χ4v) is 3.62. The minimum atomic E-state index is -0.197. The van der Waals surface area contributed by atoms with E-state index in [1.807, 2.05) is 36.6 Å². The third-order valence-corrected chi connectivity index (χ3v) is 4.93. The maximum absolute atomic E-state index is 11.8. The summed E-state index contributed by atoms with van der Waals surface area (Å²) < 4.78 is 6.15. The first-order valence-electron chi connectivity index (χ1n) is 6.92. The lowest BCUT2D eigenvalue weighted by Gasteiger charge is -2.03. The summed E-state index contributed by atoms with van der Waals surface area (Å²) in [6.07, 6.45) is 4.64. The lowest BCUT2D eigenvalue weighted by atomic mass is 10.3. The van der Waals surface area contributed by atoms with Gasteiger partial charge >= 0.3 is 0 Å². The molecule has 6 heteroatoms. The number of rotatable bonds is 5.